The van der Waals surface area contributed by atoms with Gasteiger partial charge in [-0.25, -0.2) is 4.98 Å². The van der Waals surface area contributed by atoms with Crippen molar-refractivity contribution in [1.82, 2.24) is 19.9 Å². The molecular formula is C23H26N4O3. The molecular weight excluding hydrogens is 380 g/mol. The first kappa shape index (κ1) is 20.1. The zero-order valence-electron chi connectivity index (χ0n) is 17.3. The summed E-state index contributed by atoms with van der Waals surface area (Å²) in [5.41, 5.74) is 2.76. The van der Waals surface area contributed by atoms with Crippen LogP contribution in [0.4, 0.5) is 0 Å². The van der Waals surface area contributed by atoms with E-state index in [-0.39, 0.29) is 11.5 Å². The van der Waals surface area contributed by atoms with Gasteiger partial charge in [-0.2, -0.15) is 0 Å². The summed E-state index contributed by atoms with van der Waals surface area (Å²) in [6, 6.07) is 11.4. The minimum atomic E-state index is -0.119. The van der Waals surface area contributed by atoms with Gasteiger partial charge in [-0.1, -0.05) is 6.07 Å². The van der Waals surface area contributed by atoms with E-state index in [4.69, 9.17) is 14.5 Å². The van der Waals surface area contributed by atoms with E-state index in [2.05, 4.69) is 20.9 Å². The summed E-state index contributed by atoms with van der Waals surface area (Å²) in [6.07, 6.45) is 5.36. The second-order valence-corrected chi connectivity index (χ2v) is 7.50. The van der Waals surface area contributed by atoms with E-state index in [1.807, 2.05) is 24.3 Å². The maximum absolute atomic E-state index is 12.2. The van der Waals surface area contributed by atoms with Crippen molar-refractivity contribution in [3.8, 4) is 22.9 Å². The average molecular weight is 406 g/mol. The first-order valence-corrected chi connectivity index (χ1v) is 10.1. The number of pyridine rings is 1. The number of rotatable bonds is 6. The van der Waals surface area contributed by atoms with Crippen LogP contribution in [0.25, 0.3) is 11.4 Å². The molecule has 30 heavy (non-hydrogen) atoms. The van der Waals surface area contributed by atoms with Crippen molar-refractivity contribution in [3.05, 3.63) is 70.4 Å². The van der Waals surface area contributed by atoms with Crippen molar-refractivity contribution in [2.24, 2.45) is 0 Å². The number of benzene rings is 1. The number of nitrogens with zero attached hydrogens (tertiary/aromatic N) is 3. The lowest BCUT2D eigenvalue weighted by Gasteiger charge is -2.31. The van der Waals surface area contributed by atoms with E-state index in [1.165, 1.54) is 5.56 Å². The van der Waals surface area contributed by atoms with Gasteiger partial charge < -0.3 is 14.5 Å². The molecule has 0 bridgehead atoms. The van der Waals surface area contributed by atoms with E-state index in [0.717, 1.165) is 55.2 Å². The number of methoxy groups -OCH3 is 2. The van der Waals surface area contributed by atoms with Gasteiger partial charge in [0.1, 0.15) is 5.82 Å². The number of piperidine rings is 1. The Balaban J connectivity index is 1.43. The molecule has 0 spiro atoms. The zero-order chi connectivity index (χ0) is 20.9. The average Bonchev–Trinajstić information content (AvgIpc) is 2.79. The standard InChI is InChI=1S/C23H26N4O3/c1-29-20-6-5-16(12-21(20)30-2)15-27-10-7-17(8-11-27)19-13-22(28)26-23(25-19)18-4-3-9-24-14-18/h3-6,9,12-14,17H,7-8,10-11,15H2,1-2H3,(H,25,26,28). The van der Waals surface area contributed by atoms with E-state index in [1.54, 1.807) is 32.7 Å². The van der Waals surface area contributed by atoms with Crippen LogP contribution in [0.5, 0.6) is 11.5 Å². The number of nitrogens with one attached hydrogen (secondary N) is 1. The molecule has 3 aromatic rings. The number of likely N-dealkylation sites (tertiary alicyclic amines) is 1. The summed E-state index contributed by atoms with van der Waals surface area (Å²) < 4.78 is 10.7. The largest absolute Gasteiger partial charge is 0.493 e. The van der Waals surface area contributed by atoms with Gasteiger partial charge in [0.15, 0.2) is 11.5 Å². The molecule has 4 rings (SSSR count). The Morgan fingerprint density at radius 1 is 1.10 bits per heavy atom. The highest BCUT2D eigenvalue weighted by atomic mass is 16.5. The maximum atomic E-state index is 12.2. The van der Waals surface area contributed by atoms with Crippen LogP contribution < -0.4 is 15.0 Å². The summed E-state index contributed by atoms with van der Waals surface area (Å²) in [4.78, 5) is 26.3. The minimum absolute atomic E-state index is 0.119. The maximum Gasteiger partial charge on any atom is 0.251 e. The molecule has 1 saturated heterocycles. The molecule has 156 valence electrons. The quantitative estimate of drug-likeness (QED) is 0.677. The summed E-state index contributed by atoms with van der Waals surface area (Å²) in [6.45, 7) is 2.77. The molecule has 1 N–H and O–H groups in total. The molecule has 7 nitrogen and oxygen atoms in total. The molecule has 0 aliphatic carbocycles. The second-order valence-electron chi connectivity index (χ2n) is 7.50. The fourth-order valence-electron chi connectivity index (χ4n) is 3.95. The third-order valence-electron chi connectivity index (χ3n) is 5.56. The van der Waals surface area contributed by atoms with Crippen LogP contribution in [0.15, 0.2) is 53.6 Å². The Hall–Kier alpha value is -3.19. The fourth-order valence-corrected chi connectivity index (χ4v) is 3.95. The van der Waals surface area contributed by atoms with E-state index < -0.39 is 0 Å². The van der Waals surface area contributed by atoms with Gasteiger partial charge >= 0.3 is 0 Å². The number of hydrogen-bond acceptors (Lipinski definition) is 6. The summed E-state index contributed by atoms with van der Waals surface area (Å²) in [5.74, 6) is 2.35. The summed E-state index contributed by atoms with van der Waals surface area (Å²) >= 11 is 0. The summed E-state index contributed by atoms with van der Waals surface area (Å²) in [7, 11) is 3.30. The van der Waals surface area contributed by atoms with Crippen LogP contribution in [-0.2, 0) is 6.54 Å². The molecule has 0 unspecified atom stereocenters. The van der Waals surface area contributed by atoms with Gasteiger partial charge in [-0.3, -0.25) is 14.7 Å². The van der Waals surface area contributed by atoms with Crippen LogP contribution in [0.3, 0.4) is 0 Å². The first-order valence-electron chi connectivity index (χ1n) is 10.1. The molecule has 2 aromatic heterocycles. The van der Waals surface area contributed by atoms with E-state index in [0.29, 0.717) is 5.82 Å². The zero-order valence-corrected chi connectivity index (χ0v) is 17.3. The number of H-pyrrole nitrogens is 1. The Kier molecular flexibility index (Phi) is 6.09. The van der Waals surface area contributed by atoms with Crippen LogP contribution in [0, 0.1) is 0 Å². The second kappa shape index (κ2) is 9.09. The molecule has 1 aliphatic rings. The van der Waals surface area contributed by atoms with Crippen LogP contribution in [0.2, 0.25) is 0 Å². The van der Waals surface area contributed by atoms with Gasteiger partial charge in [0.25, 0.3) is 5.56 Å². The lowest BCUT2D eigenvalue weighted by molar-refractivity contribution is 0.203. The minimum Gasteiger partial charge on any atom is -0.493 e. The highest BCUT2D eigenvalue weighted by molar-refractivity contribution is 5.52. The van der Waals surface area contributed by atoms with Crippen LogP contribution in [0.1, 0.15) is 30.0 Å². The van der Waals surface area contributed by atoms with Gasteiger partial charge in [0.2, 0.25) is 0 Å². The van der Waals surface area contributed by atoms with Crippen molar-refractivity contribution in [3.63, 3.8) is 0 Å². The van der Waals surface area contributed by atoms with Crippen molar-refractivity contribution < 1.29 is 9.47 Å². The fraction of sp³-hybridized carbons (Fsp3) is 0.348. The van der Waals surface area contributed by atoms with Crippen LogP contribution >= 0.6 is 0 Å². The highest BCUT2D eigenvalue weighted by Crippen LogP contribution is 2.30. The van der Waals surface area contributed by atoms with Crippen molar-refractivity contribution >= 4 is 0 Å². The topological polar surface area (TPSA) is 80.3 Å². The van der Waals surface area contributed by atoms with Crippen molar-refractivity contribution in [2.45, 2.75) is 25.3 Å². The van der Waals surface area contributed by atoms with E-state index in [9.17, 15) is 4.79 Å². The Morgan fingerprint density at radius 3 is 2.60 bits per heavy atom. The Labute approximate surface area is 175 Å². The first-order chi connectivity index (χ1) is 14.7. The van der Waals surface area contributed by atoms with Gasteiger partial charge in [-0.15, -0.1) is 0 Å². The third-order valence-corrected chi connectivity index (χ3v) is 5.56. The Morgan fingerprint density at radius 2 is 1.90 bits per heavy atom. The van der Waals surface area contributed by atoms with Gasteiger partial charge in [0.05, 0.1) is 19.9 Å². The monoisotopic (exact) mass is 406 g/mol. The SMILES string of the molecule is COc1ccc(CN2CCC(c3cc(=O)[nH]c(-c4cccnc4)n3)CC2)cc1OC. The molecule has 7 heteroatoms. The molecule has 0 radical (unpaired) electrons. The van der Waals surface area contributed by atoms with Crippen LogP contribution in [-0.4, -0.2) is 47.2 Å². The van der Waals surface area contributed by atoms with Gasteiger partial charge in [0, 0.05) is 36.5 Å². The van der Waals surface area contributed by atoms with Crippen molar-refractivity contribution in [1.29, 1.82) is 0 Å². The molecule has 3 heterocycles. The number of ether oxygens (including phenoxy) is 2. The lowest BCUT2D eigenvalue weighted by atomic mass is 9.93. The predicted octanol–water partition coefficient (Wildman–Crippen LogP) is 3.23. The highest BCUT2D eigenvalue weighted by Gasteiger charge is 2.23. The Bertz CT molecular complexity index is 1040. The summed E-state index contributed by atoms with van der Waals surface area (Å²) in [5, 5.41) is 0. The normalized spacial score (nSPS) is 15.1. The number of aromatic nitrogens is 3. The van der Waals surface area contributed by atoms with Gasteiger partial charge in [-0.05, 0) is 55.8 Å². The smallest absolute Gasteiger partial charge is 0.251 e. The lowest BCUT2D eigenvalue weighted by Crippen LogP contribution is -2.33. The molecule has 0 saturated carbocycles. The third kappa shape index (κ3) is 4.52. The molecule has 1 fully saturated rings. The molecule has 1 aliphatic heterocycles. The van der Waals surface area contributed by atoms with E-state index >= 15 is 0 Å². The molecule has 1 aromatic carbocycles. The molecule has 0 amide bonds. The predicted molar refractivity (Wildman–Crippen MR) is 115 cm³/mol. The number of aromatic amines is 1. The molecule has 0 atom stereocenters. The van der Waals surface area contributed by atoms with Crippen molar-refractivity contribution in [2.75, 3.05) is 27.3 Å². The number of hydrogen-bond donors (Lipinski definition) is 1.